The maximum atomic E-state index is 12.7. The molecule has 1 aromatic carbocycles. The van der Waals surface area contributed by atoms with Crippen molar-refractivity contribution in [2.24, 2.45) is 11.1 Å². The highest BCUT2D eigenvalue weighted by molar-refractivity contribution is 5.90. The van der Waals surface area contributed by atoms with Crippen molar-refractivity contribution < 1.29 is 9.59 Å². The molecule has 106 valence electrons. The van der Waals surface area contributed by atoms with Gasteiger partial charge in [0.15, 0.2) is 0 Å². The van der Waals surface area contributed by atoms with Crippen LogP contribution < -0.4 is 11.1 Å². The summed E-state index contributed by atoms with van der Waals surface area (Å²) in [6.45, 7) is 3.50. The Bertz CT molecular complexity index is 572. The second kappa shape index (κ2) is 4.51. The maximum absolute atomic E-state index is 12.7. The number of hydrogen-bond acceptors (Lipinski definition) is 3. The number of hydrogen-bond donors (Lipinski definition) is 2. The first kappa shape index (κ1) is 13.0. The number of primary amides is 1. The van der Waals surface area contributed by atoms with E-state index in [1.165, 1.54) is 0 Å². The van der Waals surface area contributed by atoms with Crippen molar-refractivity contribution in [3.05, 3.63) is 29.8 Å². The first-order chi connectivity index (χ1) is 9.51. The summed E-state index contributed by atoms with van der Waals surface area (Å²) in [5.74, 6) is -0.383. The second-order valence-electron chi connectivity index (χ2n) is 5.96. The summed E-state index contributed by atoms with van der Waals surface area (Å²) in [4.78, 5) is 25.9. The van der Waals surface area contributed by atoms with Crippen LogP contribution in [0.4, 0.5) is 5.69 Å². The van der Waals surface area contributed by atoms with Gasteiger partial charge in [-0.1, -0.05) is 18.2 Å². The van der Waals surface area contributed by atoms with Crippen molar-refractivity contribution in [2.75, 3.05) is 25.0 Å². The Balaban J connectivity index is 1.77. The molecule has 0 aromatic heterocycles. The van der Waals surface area contributed by atoms with Crippen LogP contribution in [0.3, 0.4) is 0 Å². The Morgan fingerprint density at radius 3 is 2.85 bits per heavy atom. The molecule has 5 heteroatoms. The minimum atomic E-state index is -0.582. The molecule has 0 spiro atoms. The third-order valence-corrected chi connectivity index (χ3v) is 4.51. The number of carbonyl (C=O) groups is 2. The van der Waals surface area contributed by atoms with Crippen LogP contribution in [0.5, 0.6) is 0 Å². The fourth-order valence-electron chi connectivity index (χ4n) is 3.07. The number of fused-ring (bicyclic) bond motifs is 1. The number of para-hydroxylation sites is 1. The fraction of sp³-hybridized carbons (Fsp3) is 0.467. The summed E-state index contributed by atoms with van der Waals surface area (Å²) in [6.07, 6.45) is 0.649. The number of likely N-dealkylation sites (tertiary alicyclic amines) is 1. The largest absolute Gasteiger partial charge is 0.384 e. The highest BCUT2D eigenvalue weighted by Crippen LogP contribution is 2.36. The average molecular weight is 273 g/mol. The summed E-state index contributed by atoms with van der Waals surface area (Å²) < 4.78 is 0. The number of rotatable bonds is 2. The molecule has 20 heavy (non-hydrogen) atoms. The Morgan fingerprint density at radius 1 is 1.40 bits per heavy atom. The quantitative estimate of drug-likeness (QED) is 0.841. The van der Waals surface area contributed by atoms with Crippen molar-refractivity contribution in [3.8, 4) is 0 Å². The molecule has 2 atom stereocenters. The lowest BCUT2D eigenvalue weighted by molar-refractivity contribution is -0.132. The number of benzene rings is 1. The Morgan fingerprint density at radius 2 is 2.15 bits per heavy atom. The van der Waals surface area contributed by atoms with E-state index in [9.17, 15) is 9.59 Å². The molecule has 2 aliphatic heterocycles. The Kier molecular flexibility index (Phi) is 2.92. The van der Waals surface area contributed by atoms with E-state index in [-0.39, 0.29) is 17.7 Å². The molecule has 0 radical (unpaired) electrons. The van der Waals surface area contributed by atoms with E-state index in [4.69, 9.17) is 5.73 Å². The second-order valence-corrected chi connectivity index (χ2v) is 5.96. The molecule has 1 aromatic rings. The van der Waals surface area contributed by atoms with Gasteiger partial charge in [0.1, 0.15) is 0 Å². The SMILES string of the molecule is CC1(C(N)=O)CCN(C(=O)C2CNc3ccccc32)C1. The standard InChI is InChI=1S/C15H19N3O2/c1-15(14(16)20)6-7-18(9-15)13(19)11-8-17-12-5-3-2-4-10(11)12/h2-5,11,17H,6-9H2,1H3,(H2,16,20). The molecule has 1 saturated heterocycles. The molecule has 0 saturated carbocycles. The zero-order chi connectivity index (χ0) is 14.3. The maximum Gasteiger partial charge on any atom is 0.232 e. The minimum Gasteiger partial charge on any atom is -0.384 e. The molecule has 0 aliphatic carbocycles. The molecular formula is C15H19N3O2. The van der Waals surface area contributed by atoms with Gasteiger partial charge in [-0.25, -0.2) is 0 Å². The van der Waals surface area contributed by atoms with Gasteiger partial charge in [0, 0.05) is 25.3 Å². The molecule has 2 aliphatic rings. The lowest BCUT2D eigenvalue weighted by Gasteiger charge is -2.23. The van der Waals surface area contributed by atoms with Gasteiger partial charge in [-0.05, 0) is 25.0 Å². The van der Waals surface area contributed by atoms with Crippen molar-refractivity contribution >= 4 is 17.5 Å². The van der Waals surface area contributed by atoms with Crippen LogP contribution in [0.15, 0.2) is 24.3 Å². The molecule has 0 bridgehead atoms. The summed E-state index contributed by atoms with van der Waals surface area (Å²) in [6, 6.07) is 7.88. The van der Waals surface area contributed by atoms with Gasteiger partial charge in [0.05, 0.1) is 11.3 Å². The average Bonchev–Trinajstić information content (AvgIpc) is 3.03. The van der Waals surface area contributed by atoms with Gasteiger partial charge in [0.2, 0.25) is 11.8 Å². The van der Waals surface area contributed by atoms with E-state index < -0.39 is 5.41 Å². The molecule has 1 fully saturated rings. The first-order valence-electron chi connectivity index (χ1n) is 6.93. The molecule has 2 heterocycles. The van der Waals surface area contributed by atoms with Crippen LogP contribution >= 0.6 is 0 Å². The molecular weight excluding hydrogens is 254 g/mol. The monoisotopic (exact) mass is 273 g/mol. The van der Waals surface area contributed by atoms with Gasteiger partial charge >= 0.3 is 0 Å². The highest BCUT2D eigenvalue weighted by atomic mass is 16.2. The van der Waals surface area contributed by atoms with E-state index in [1.807, 2.05) is 31.2 Å². The first-order valence-corrected chi connectivity index (χ1v) is 6.93. The van der Waals surface area contributed by atoms with E-state index in [0.29, 0.717) is 26.1 Å². The predicted molar refractivity (Wildman–Crippen MR) is 76.2 cm³/mol. The van der Waals surface area contributed by atoms with Crippen LogP contribution in [-0.2, 0) is 9.59 Å². The fourth-order valence-corrected chi connectivity index (χ4v) is 3.07. The Labute approximate surface area is 118 Å². The van der Waals surface area contributed by atoms with E-state index in [2.05, 4.69) is 5.32 Å². The van der Waals surface area contributed by atoms with E-state index in [0.717, 1.165) is 11.3 Å². The van der Waals surface area contributed by atoms with Crippen molar-refractivity contribution in [1.82, 2.24) is 4.90 Å². The van der Waals surface area contributed by atoms with Crippen LogP contribution in [0.1, 0.15) is 24.8 Å². The zero-order valence-electron chi connectivity index (χ0n) is 11.6. The summed E-state index contributed by atoms with van der Waals surface area (Å²) in [5.41, 5.74) is 6.93. The van der Waals surface area contributed by atoms with Crippen LogP contribution in [-0.4, -0.2) is 36.3 Å². The van der Waals surface area contributed by atoms with Gasteiger partial charge < -0.3 is 16.0 Å². The molecule has 2 unspecified atom stereocenters. The highest BCUT2D eigenvalue weighted by Gasteiger charge is 2.43. The van der Waals surface area contributed by atoms with Gasteiger partial charge in [0.25, 0.3) is 0 Å². The number of amides is 2. The summed E-state index contributed by atoms with van der Waals surface area (Å²) in [7, 11) is 0. The van der Waals surface area contributed by atoms with Crippen LogP contribution in [0.2, 0.25) is 0 Å². The van der Waals surface area contributed by atoms with E-state index in [1.54, 1.807) is 4.90 Å². The molecule has 2 amide bonds. The number of nitrogens with two attached hydrogens (primary N) is 1. The van der Waals surface area contributed by atoms with Gasteiger partial charge in [-0.15, -0.1) is 0 Å². The normalized spacial score (nSPS) is 28.1. The number of anilines is 1. The van der Waals surface area contributed by atoms with Crippen molar-refractivity contribution in [1.29, 1.82) is 0 Å². The van der Waals surface area contributed by atoms with E-state index >= 15 is 0 Å². The summed E-state index contributed by atoms with van der Waals surface area (Å²) in [5, 5.41) is 3.26. The summed E-state index contributed by atoms with van der Waals surface area (Å²) >= 11 is 0. The third-order valence-electron chi connectivity index (χ3n) is 4.51. The van der Waals surface area contributed by atoms with Crippen LogP contribution in [0.25, 0.3) is 0 Å². The molecule has 3 rings (SSSR count). The molecule has 3 N–H and O–H groups in total. The Hall–Kier alpha value is -2.04. The van der Waals surface area contributed by atoms with Gasteiger partial charge in [-0.3, -0.25) is 9.59 Å². The van der Waals surface area contributed by atoms with Gasteiger partial charge in [-0.2, -0.15) is 0 Å². The lowest BCUT2D eigenvalue weighted by Crippen LogP contribution is -2.40. The smallest absolute Gasteiger partial charge is 0.232 e. The number of carbonyl (C=O) groups excluding carboxylic acids is 2. The number of nitrogens with one attached hydrogen (secondary N) is 1. The predicted octanol–water partition coefficient (Wildman–Crippen LogP) is 0.920. The molecule has 5 nitrogen and oxygen atoms in total. The third kappa shape index (κ3) is 1.94. The van der Waals surface area contributed by atoms with Crippen molar-refractivity contribution in [3.63, 3.8) is 0 Å². The minimum absolute atomic E-state index is 0.0902. The lowest BCUT2D eigenvalue weighted by atomic mass is 9.89. The van der Waals surface area contributed by atoms with Crippen LogP contribution in [0, 0.1) is 5.41 Å². The number of nitrogens with zero attached hydrogens (tertiary/aromatic N) is 1. The topological polar surface area (TPSA) is 75.4 Å². The van der Waals surface area contributed by atoms with Crippen molar-refractivity contribution in [2.45, 2.75) is 19.3 Å². The zero-order valence-corrected chi connectivity index (χ0v) is 11.6.